The topological polar surface area (TPSA) is 96.5 Å². The molecular formula is C21H23N3O4. The molecule has 0 saturated carbocycles. The predicted molar refractivity (Wildman–Crippen MR) is 107 cm³/mol. The average molecular weight is 381 g/mol. The Hall–Kier alpha value is -3.19. The largest absolute Gasteiger partial charge is 0.368 e. The zero-order valence-corrected chi connectivity index (χ0v) is 15.9. The van der Waals surface area contributed by atoms with E-state index in [0.29, 0.717) is 35.7 Å². The molecule has 3 amide bonds. The van der Waals surface area contributed by atoms with E-state index in [0.717, 1.165) is 12.0 Å². The highest BCUT2D eigenvalue weighted by molar-refractivity contribution is 6.06. The predicted octanol–water partition coefficient (Wildman–Crippen LogP) is 3.32. The Morgan fingerprint density at radius 2 is 1.79 bits per heavy atom. The maximum Gasteiger partial charge on any atom is 0.255 e. The van der Waals surface area contributed by atoms with Crippen LogP contribution in [0.2, 0.25) is 0 Å². The van der Waals surface area contributed by atoms with Crippen molar-refractivity contribution in [2.45, 2.75) is 32.8 Å². The molecule has 1 saturated heterocycles. The quantitative estimate of drug-likeness (QED) is 0.740. The van der Waals surface area contributed by atoms with Gasteiger partial charge in [-0.05, 0) is 55.7 Å². The average Bonchev–Trinajstić information content (AvgIpc) is 3.19. The smallest absolute Gasteiger partial charge is 0.255 e. The fourth-order valence-corrected chi connectivity index (χ4v) is 2.98. The third kappa shape index (κ3) is 4.95. The number of amides is 3. The van der Waals surface area contributed by atoms with Crippen LogP contribution in [0, 0.1) is 6.92 Å². The standard InChI is InChI=1S/C21H23N3O4/c1-13-8-9-17(22-14(2)25)12-18(13)24-20(26)15-5-3-6-16(11-15)23-21(27)19-7-4-10-28-19/h3,5-6,8-9,11-12,19H,4,7,10H2,1-2H3,(H,22,25)(H,23,27)(H,24,26). The van der Waals surface area contributed by atoms with Crippen molar-refractivity contribution in [3.63, 3.8) is 0 Å². The number of hydrogen-bond donors (Lipinski definition) is 3. The van der Waals surface area contributed by atoms with Gasteiger partial charge in [-0.1, -0.05) is 12.1 Å². The van der Waals surface area contributed by atoms with Gasteiger partial charge < -0.3 is 20.7 Å². The Bertz CT molecular complexity index is 904. The van der Waals surface area contributed by atoms with Crippen LogP contribution in [-0.4, -0.2) is 30.4 Å². The molecule has 1 aliphatic rings. The van der Waals surface area contributed by atoms with Crippen molar-refractivity contribution in [3.8, 4) is 0 Å². The molecule has 1 fully saturated rings. The second kappa shape index (κ2) is 8.67. The number of aryl methyl sites for hydroxylation is 1. The van der Waals surface area contributed by atoms with E-state index in [1.807, 2.05) is 13.0 Å². The van der Waals surface area contributed by atoms with Crippen molar-refractivity contribution >= 4 is 34.8 Å². The van der Waals surface area contributed by atoms with Crippen LogP contribution in [0.3, 0.4) is 0 Å². The number of carbonyl (C=O) groups excluding carboxylic acids is 3. The van der Waals surface area contributed by atoms with Crippen LogP contribution in [0.5, 0.6) is 0 Å². The van der Waals surface area contributed by atoms with E-state index in [9.17, 15) is 14.4 Å². The Morgan fingerprint density at radius 1 is 1.00 bits per heavy atom. The van der Waals surface area contributed by atoms with E-state index < -0.39 is 6.10 Å². The van der Waals surface area contributed by atoms with E-state index in [1.54, 1.807) is 36.4 Å². The molecule has 0 spiro atoms. The van der Waals surface area contributed by atoms with Crippen molar-refractivity contribution in [1.82, 2.24) is 0 Å². The third-order valence-corrected chi connectivity index (χ3v) is 4.42. The highest BCUT2D eigenvalue weighted by Crippen LogP contribution is 2.22. The van der Waals surface area contributed by atoms with Crippen molar-refractivity contribution in [3.05, 3.63) is 53.6 Å². The minimum Gasteiger partial charge on any atom is -0.368 e. The summed E-state index contributed by atoms with van der Waals surface area (Å²) in [5.74, 6) is -0.694. The summed E-state index contributed by atoms with van der Waals surface area (Å²) >= 11 is 0. The van der Waals surface area contributed by atoms with Gasteiger partial charge in [0.1, 0.15) is 6.10 Å². The Balaban J connectivity index is 1.71. The number of anilines is 3. The molecule has 146 valence electrons. The maximum absolute atomic E-state index is 12.7. The number of ether oxygens (including phenoxy) is 1. The van der Waals surface area contributed by atoms with E-state index in [4.69, 9.17) is 4.74 Å². The first-order valence-corrected chi connectivity index (χ1v) is 9.14. The lowest BCUT2D eigenvalue weighted by Crippen LogP contribution is -2.27. The molecule has 0 bridgehead atoms. The first-order valence-electron chi connectivity index (χ1n) is 9.14. The molecule has 0 aromatic heterocycles. The number of nitrogens with one attached hydrogen (secondary N) is 3. The van der Waals surface area contributed by atoms with Crippen molar-refractivity contribution in [1.29, 1.82) is 0 Å². The summed E-state index contributed by atoms with van der Waals surface area (Å²) in [4.78, 5) is 36.1. The summed E-state index contributed by atoms with van der Waals surface area (Å²) in [6.45, 7) is 3.89. The van der Waals surface area contributed by atoms with Crippen LogP contribution in [0.4, 0.5) is 17.1 Å². The Morgan fingerprint density at radius 3 is 2.50 bits per heavy atom. The summed E-state index contributed by atoms with van der Waals surface area (Å²) in [6, 6.07) is 12.0. The summed E-state index contributed by atoms with van der Waals surface area (Å²) in [5.41, 5.74) is 3.02. The second-order valence-corrected chi connectivity index (χ2v) is 6.74. The zero-order chi connectivity index (χ0) is 20.1. The molecule has 2 aromatic rings. The minimum atomic E-state index is -0.434. The first-order chi connectivity index (χ1) is 13.4. The number of benzene rings is 2. The monoisotopic (exact) mass is 381 g/mol. The van der Waals surface area contributed by atoms with Crippen LogP contribution in [0.25, 0.3) is 0 Å². The molecule has 1 heterocycles. The highest BCUT2D eigenvalue weighted by Gasteiger charge is 2.23. The Kier molecular flexibility index (Phi) is 6.06. The summed E-state index contributed by atoms with van der Waals surface area (Å²) < 4.78 is 5.37. The summed E-state index contributed by atoms with van der Waals surface area (Å²) in [5, 5.41) is 8.34. The van der Waals surface area contributed by atoms with Crippen molar-refractivity contribution in [2.24, 2.45) is 0 Å². The molecule has 3 rings (SSSR count). The molecule has 7 nitrogen and oxygen atoms in total. The van der Waals surface area contributed by atoms with Crippen LogP contribution in [0.15, 0.2) is 42.5 Å². The van der Waals surface area contributed by atoms with Gasteiger partial charge in [0.05, 0.1) is 0 Å². The summed E-state index contributed by atoms with van der Waals surface area (Å²) in [7, 11) is 0. The number of carbonyl (C=O) groups is 3. The van der Waals surface area contributed by atoms with E-state index >= 15 is 0 Å². The summed E-state index contributed by atoms with van der Waals surface area (Å²) in [6.07, 6.45) is 1.14. The zero-order valence-electron chi connectivity index (χ0n) is 15.9. The molecule has 0 radical (unpaired) electrons. The maximum atomic E-state index is 12.7. The van der Waals surface area contributed by atoms with Gasteiger partial charge in [-0.15, -0.1) is 0 Å². The van der Waals surface area contributed by atoms with Gasteiger partial charge in [-0.3, -0.25) is 14.4 Å². The number of rotatable bonds is 5. The lowest BCUT2D eigenvalue weighted by Gasteiger charge is -2.13. The van der Waals surface area contributed by atoms with E-state index in [1.165, 1.54) is 6.92 Å². The van der Waals surface area contributed by atoms with Gasteiger partial charge in [0.2, 0.25) is 5.91 Å². The van der Waals surface area contributed by atoms with Gasteiger partial charge in [-0.25, -0.2) is 0 Å². The number of hydrogen-bond acceptors (Lipinski definition) is 4. The third-order valence-electron chi connectivity index (χ3n) is 4.42. The molecule has 7 heteroatoms. The van der Waals surface area contributed by atoms with Gasteiger partial charge in [0, 0.05) is 36.2 Å². The van der Waals surface area contributed by atoms with Crippen molar-refractivity contribution in [2.75, 3.05) is 22.6 Å². The molecule has 3 N–H and O–H groups in total. The fraction of sp³-hybridized carbons (Fsp3) is 0.286. The van der Waals surface area contributed by atoms with Crippen LogP contribution < -0.4 is 16.0 Å². The lowest BCUT2D eigenvalue weighted by atomic mass is 10.1. The lowest BCUT2D eigenvalue weighted by molar-refractivity contribution is -0.124. The van der Waals surface area contributed by atoms with Gasteiger partial charge in [0.25, 0.3) is 11.8 Å². The molecule has 28 heavy (non-hydrogen) atoms. The SMILES string of the molecule is CC(=O)Nc1ccc(C)c(NC(=O)c2cccc(NC(=O)C3CCCO3)c2)c1. The molecule has 1 atom stereocenters. The van der Waals surface area contributed by atoms with Gasteiger partial charge in [0.15, 0.2) is 0 Å². The molecule has 0 aliphatic carbocycles. The molecule has 2 aromatic carbocycles. The first kappa shape index (κ1) is 19.6. The highest BCUT2D eigenvalue weighted by atomic mass is 16.5. The van der Waals surface area contributed by atoms with Crippen LogP contribution in [-0.2, 0) is 14.3 Å². The van der Waals surface area contributed by atoms with E-state index in [-0.39, 0.29) is 17.7 Å². The van der Waals surface area contributed by atoms with E-state index in [2.05, 4.69) is 16.0 Å². The van der Waals surface area contributed by atoms with Crippen molar-refractivity contribution < 1.29 is 19.1 Å². The Labute approximate surface area is 163 Å². The minimum absolute atomic E-state index is 0.184. The molecular weight excluding hydrogens is 358 g/mol. The second-order valence-electron chi connectivity index (χ2n) is 6.74. The van der Waals surface area contributed by atoms with Gasteiger partial charge >= 0.3 is 0 Å². The molecule has 1 aliphatic heterocycles. The van der Waals surface area contributed by atoms with Crippen LogP contribution >= 0.6 is 0 Å². The van der Waals surface area contributed by atoms with Gasteiger partial charge in [-0.2, -0.15) is 0 Å². The fourth-order valence-electron chi connectivity index (χ4n) is 2.98. The normalized spacial score (nSPS) is 15.7. The van der Waals surface area contributed by atoms with Crippen LogP contribution in [0.1, 0.15) is 35.7 Å². The molecule has 1 unspecified atom stereocenters.